The Labute approximate surface area is 114 Å². The molecule has 2 N–H and O–H groups in total. The summed E-state index contributed by atoms with van der Waals surface area (Å²) < 4.78 is 2.20. The van der Waals surface area contributed by atoms with Crippen molar-refractivity contribution in [1.82, 2.24) is 4.67 Å². The molecule has 1 aliphatic heterocycles. The summed E-state index contributed by atoms with van der Waals surface area (Å²) in [5.74, 6) is -0.908. The highest BCUT2D eigenvalue weighted by atomic mass is 32.1. The maximum atomic E-state index is 11.2. The van der Waals surface area contributed by atoms with Gasteiger partial charge >= 0.3 is 5.97 Å². The summed E-state index contributed by atoms with van der Waals surface area (Å²) in [7, 11) is 2.70. The lowest BCUT2D eigenvalue weighted by molar-refractivity contribution is 0.0698. The molecule has 4 nitrogen and oxygen atoms in total. The summed E-state index contributed by atoms with van der Waals surface area (Å²) >= 11 is 4.26. The average molecular weight is 284 g/mol. The maximum Gasteiger partial charge on any atom is 0.337 e. The van der Waals surface area contributed by atoms with Gasteiger partial charge < -0.3 is 10.4 Å². The average Bonchev–Trinajstić information content (AvgIpc) is 2.32. The van der Waals surface area contributed by atoms with Crippen molar-refractivity contribution < 1.29 is 9.90 Å². The third-order valence-corrected chi connectivity index (χ3v) is 3.92. The molecule has 1 aromatic rings. The van der Waals surface area contributed by atoms with Crippen LogP contribution in [0.3, 0.4) is 0 Å². The van der Waals surface area contributed by atoms with Crippen LogP contribution >= 0.6 is 22.0 Å². The number of carboxylic acid groups (broad SMARTS) is 1. The molecule has 0 saturated carbocycles. The first kappa shape index (κ1) is 13.7. The van der Waals surface area contributed by atoms with Crippen LogP contribution in [-0.4, -0.2) is 34.9 Å². The van der Waals surface area contributed by atoms with E-state index in [2.05, 4.69) is 32.0 Å². The molecule has 1 unspecified atom stereocenters. The van der Waals surface area contributed by atoms with Crippen LogP contribution in [0, 0.1) is 0 Å². The molecule has 1 aliphatic rings. The molecule has 1 aromatic carbocycles. The van der Waals surface area contributed by atoms with E-state index < -0.39 is 5.97 Å². The van der Waals surface area contributed by atoms with Gasteiger partial charge in [0.1, 0.15) is 0 Å². The molecule has 1 fully saturated rings. The van der Waals surface area contributed by atoms with Crippen molar-refractivity contribution in [1.29, 1.82) is 0 Å². The quantitative estimate of drug-likeness (QED) is 0.589. The summed E-state index contributed by atoms with van der Waals surface area (Å²) in [4.78, 5) is 11.9. The molecule has 1 saturated heterocycles. The molecule has 0 aliphatic carbocycles. The molecule has 1 heterocycles. The summed E-state index contributed by atoms with van der Waals surface area (Å²) in [6.07, 6.45) is 2.03. The fourth-order valence-corrected chi connectivity index (χ4v) is 2.60. The molecule has 2 rings (SSSR count). The minimum Gasteiger partial charge on any atom is -0.478 e. The second-order valence-corrected chi connectivity index (χ2v) is 5.74. The summed E-state index contributed by atoms with van der Waals surface area (Å²) in [6.45, 7) is 2.01. The lowest BCUT2D eigenvalue weighted by Crippen LogP contribution is -2.34. The van der Waals surface area contributed by atoms with Crippen LogP contribution in [0.5, 0.6) is 0 Å². The van der Waals surface area contributed by atoms with E-state index in [1.807, 2.05) is 0 Å². The molecule has 98 valence electrons. The third kappa shape index (κ3) is 3.37. The Morgan fingerprint density at radius 1 is 1.44 bits per heavy atom. The number of rotatable bonds is 3. The monoisotopic (exact) mass is 284 g/mol. The highest BCUT2D eigenvalue weighted by molar-refractivity contribution is 7.80. The standard InChI is InChI=1S/C12H17N2O2PS/c15-12(16)10-2-1-9(18)7-11(10)13-8-3-5-14(17)6-4-8/h1-2,7-8,13,18H,3-6,17H2,(H,15,16). The van der Waals surface area contributed by atoms with E-state index in [0.717, 1.165) is 30.8 Å². The Kier molecular flexibility index (Phi) is 4.49. The van der Waals surface area contributed by atoms with Crippen molar-refractivity contribution in [3.63, 3.8) is 0 Å². The van der Waals surface area contributed by atoms with Crippen LogP contribution in [0.2, 0.25) is 0 Å². The van der Waals surface area contributed by atoms with Crippen molar-refractivity contribution in [2.24, 2.45) is 0 Å². The largest absolute Gasteiger partial charge is 0.478 e. The SMILES string of the molecule is O=C(O)c1ccc(S)cc1NC1CCN(P)CC1. The number of anilines is 1. The van der Waals surface area contributed by atoms with E-state index in [0.29, 0.717) is 17.3 Å². The minimum atomic E-state index is -0.908. The van der Waals surface area contributed by atoms with Gasteiger partial charge in [0, 0.05) is 24.0 Å². The van der Waals surface area contributed by atoms with Gasteiger partial charge in [-0.3, -0.25) is 4.67 Å². The Morgan fingerprint density at radius 2 is 2.11 bits per heavy atom. The van der Waals surface area contributed by atoms with E-state index >= 15 is 0 Å². The molecule has 1 atom stereocenters. The normalized spacial score (nSPS) is 17.7. The Morgan fingerprint density at radius 3 is 2.72 bits per heavy atom. The van der Waals surface area contributed by atoms with E-state index in [1.54, 1.807) is 18.2 Å². The number of piperidine rings is 1. The smallest absolute Gasteiger partial charge is 0.337 e. The Bertz CT molecular complexity index is 448. The number of thiol groups is 1. The highest BCUT2D eigenvalue weighted by Gasteiger charge is 2.19. The first-order chi connectivity index (χ1) is 8.56. The zero-order valence-corrected chi connectivity index (χ0v) is 12.0. The lowest BCUT2D eigenvalue weighted by Gasteiger charge is -2.30. The molecule has 6 heteroatoms. The van der Waals surface area contributed by atoms with Crippen molar-refractivity contribution in [2.45, 2.75) is 23.8 Å². The van der Waals surface area contributed by atoms with Gasteiger partial charge in [-0.25, -0.2) is 4.79 Å². The molecule has 0 bridgehead atoms. The van der Waals surface area contributed by atoms with E-state index in [4.69, 9.17) is 5.11 Å². The van der Waals surface area contributed by atoms with Crippen LogP contribution < -0.4 is 5.32 Å². The van der Waals surface area contributed by atoms with Gasteiger partial charge in [-0.05, 0) is 31.0 Å². The van der Waals surface area contributed by atoms with Crippen molar-refractivity contribution >= 4 is 33.7 Å². The van der Waals surface area contributed by atoms with E-state index in [-0.39, 0.29) is 0 Å². The van der Waals surface area contributed by atoms with Crippen LogP contribution in [0.4, 0.5) is 5.69 Å². The van der Waals surface area contributed by atoms with Crippen LogP contribution in [0.15, 0.2) is 23.1 Å². The molecule has 0 amide bonds. The molecule has 0 aromatic heterocycles. The van der Waals surface area contributed by atoms with Gasteiger partial charge in [0.25, 0.3) is 0 Å². The Hall–Kier alpha value is -0.770. The maximum absolute atomic E-state index is 11.2. The fraction of sp³-hybridized carbons (Fsp3) is 0.417. The van der Waals surface area contributed by atoms with Gasteiger partial charge in [-0.15, -0.1) is 12.6 Å². The number of carbonyl (C=O) groups is 1. The zero-order valence-electron chi connectivity index (χ0n) is 9.97. The molecule has 0 radical (unpaired) electrons. The molecular formula is C12H17N2O2PS. The first-order valence-corrected chi connectivity index (χ1v) is 6.85. The second kappa shape index (κ2) is 5.91. The van der Waals surface area contributed by atoms with E-state index in [1.165, 1.54) is 0 Å². The number of aromatic carboxylic acids is 1. The van der Waals surface area contributed by atoms with Crippen molar-refractivity contribution in [2.75, 3.05) is 18.4 Å². The number of hydrogen-bond acceptors (Lipinski definition) is 4. The minimum absolute atomic E-state index is 0.307. The number of nitrogens with one attached hydrogen (secondary N) is 1. The van der Waals surface area contributed by atoms with Crippen molar-refractivity contribution in [3.8, 4) is 0 Å². The Balaban J connectivity index is 2.12. The highest BCUT2D eigenvalue weighted by Crippen LogP contribution is 2.24. The van der Waals surface area contributed by atoms with Gasteiger partial charge in [-0.1, -0.05) is 9.39 Å². The van der Waals surface area contributed by atoms with Gasteiger partial charge in [0.05, 0.1) is 11.3 Å². The summed E-state index contributed by atoms with van der Waals surface area (Å²) in [5, 5.41) is 12.5. The van der Waals surface area contributed by atoms with Crippen molar-refractivity contribution in [3.05, 3.63) is 23.8 Å². The number of hydrogen-bond donors (Lipinski definition) is 3. The fourth-order valence-electron chi connectivity index (χ4n) is 2.10. The van der Waals surface area contributed by atoms with Crippen LogP contribution in [0.25, 0.3) is 0 Å². The topological polar surface area (TPSA) is 52.6 Å². The van der Waals surface area contributed by atoms with E-state index in [9.17, 15) is 4.79 Å². The van der Waals surface area contributed by atoms with Gasteiger partial charge in [-0.2, -0.15) is 0 Å². The third-order valence-electron chi connectivity index (χ3n) is 3.12. The lowest BCUT2D eigenvalue weighted by atomic mass is 10.1. The second-order valence-electron chi connectivity index (χ2n) is 4.49. The predicted molar refractivity (Wildman–Crippen MR) is 78.6 cm³/mol. The molecule has 0 spiro atoms. The number of nitrogens with zero attached hydrogens (tertiary/aromatic N) is 1. The number of carboxylic acids is 1. The molecular weight excluding hydrogens is 267 g/mol. The van der Waals surface area contributed by atoms with Gasteiger partial charge in [0.2, 0.25) is 0 Å². The summed E-state index contributed by atoms with van der Waals surface area (Å²) in [5.41, 5.74) is 0.971. The summed E-state index contributed by atoms with van der Waals surface area (Å²) in [6, 6.07) is 5.40. The predicted octanol–water partition coefficient (Wildman–Crippen LogP) is 2.34. The van der Waals surface area contributed by atoms with Crippen LogP contribution in [0.1, 0.15) is 23.2 Å². The van der Waals surface area contributed by atoms with Gasteiger partial charge in [0.15, 0.2) is 0 Å². The number of benzene rings is 1. The molecule has 18 heavy (non-hydrogen) atoms. The first-order valence-electron chi connectivity index (χ1n) is 5.89. The zero-order chi connectivity index (χ0) is 13.1. The van der Waals surface area contributed by atoms with Crippen LogP contribution in [-0.2, 0) is 0 Å².